The fourth-order valence-electron chi connectivity index (χ4n) is 2.05. The topological polar surface area (TPSA) is 45.7 Å². The zero-order valence-electron chi connectivity index (χ0n) is 13.7. The van der Waals surface area contributed by atoms with Gasteiger partial charge in [-0.05, 0) is 36.2 Å². The lowest BCUT2D eigenvalue weighted by Crippen LogP contribution is -2.40. The molecular weight excluding hydrogens is 420 g/mol. The van der Waals surface area contributed by atoms with Crippen molar-refractivity contribution in [2.45, 2.75) is 6.42 Å². The highest BCUT2D eigenvalue weighted by atomic mass is 127. The van der Waals surface area contributed by atoms with Crippen LogP contribution < -0.4 is 15.4 Å². The van der Waals surface area contributed by atoms with Gasteiger partial charge in [-0.2, -0.15) is 0 Å². The number of guanidine groups is 1. The first kappa shape index (κ1) is 20.2. The number of ether oxygens (including phenoxy) is 1. The summed E-state index contributed by atoms with van der Waals surface area (Å²) in [5, 5.41) is 6.41. The fraction of sp³-hybridized carbons (Fsp3) is 0.278. The van der Waals surface area contributed by atoms with Gasteiger partial charge in [0.1, 0.15) is 18.2 Å². The van der Waals surface area contributed by atoms with Gasteiger partial charge >= 0.3 is 0 Å². The van der Waals surface area contributed by atoms with Crippen LogP contribution in [-0.2, 0) is 6.42 Å². The molecule has 2 aromatic carbocycles. The molecule has 0 saturated carbocycles. The van der Waals surface area contributed by atoms with E-state index in [9.17, 15) is 4.39 Å². The summed E-state index contributed by atoms with van der Waals surface area (Å²) in [6.45, 7) is 1.94. The summed E-state index contributed by atoms with van der Waals surface area (Å²) < 4.78 is 18.4. The van der Waals surface area contributed by atoms with Crippen molar-refractivity contribution in [3.63, 3.8) is 0 Å². The molecule has 4 nitrogen and oxygen atoms in total. The second-order valence-electron chi connectivity index (χ2n) is 4.96. The maximum atomic E-state index is 12.8. The van der Waals surface area contributed by atoms with E-state index in [1.807, 2.05) is 30.3 Å². The van der Waals surface area contributed by atoms with Crippen molar-refractivity contribution in [1.29, 1.82) is 0 Å². The number of nitrogens with one attached hydrogen (secondary N) is 2. The third-order valence-corrected chi connectivity index (χ3v) is 3.25. The van der Waals surface area contributed by atoms with Gasteiger partial charge in [-0.3, -0.25) is 4.99 Å². The Morgan fingerprint density at radius 3 is 2.33 bits per heavy atom. The van der Waals surface area contributed by atoms with E-state index in [2.05, 4.69) is 15.6 Å². The Morgan fingerprint density at radius 1 is 1.00 bits per heavy atom. The standard InChI is InChI=1S/C18H22FN3O.HI/c1-20-18(21-12-11-15-7-9-16(19)10-8-15)22-13-14-23-17-5-3-2-4-6-17;/h2-10H,11-14H2,1H3,(H2,20,21,22);1H. The Labute approximate surface area is 159 Å². The molecule has 130 valence electrons. The van der Waals surface area contributed by atoms with E-state index in [4.69, 9.17) is 4.74 Å². The van der Waals surface area contributed by atoms with Gasteiger partial charge in [0.25, 0.3) is 0 Å². The summed E-state index contributed by atoms with van der Waals surface area (Å²) in [5.74, 6) is 1.37. The van der Waals surface area contributed by atoms with Gasteiger partial charge in [-0.25, -0.2) is 4.39 Å². The molecule has 0 heterocycles. The zero-order chi connectivity index (χ0) is 16.3. The van der Waals surface area contributed by atoms with Crippen LogP contribution in [0.4, 0.5) is 4.39 Å². The Morgan fingerprint density at radius 2 is 1.67 bits per heavy atom. The number of para-hydroxylation sites is 1. The summed E-state index contributed by atoms with van der Waals surface area (Å²) >= 11 is 0. The smallest absolute Gasteiger partial charge is 0.191 e. The molecule has 0 radical (unpaired) electrons. The molecule has 0 unspecified atom stereocenters. The van der Waals surface area contributed by atoms with E-state index in [0.29, 0.717) is 13.2 Å². The molecule has 0 spiro atoms. The van der Waals surface area contributed by atoms with Gasteiger partial charge in [0.15, 0.2) is 5.96 Å². The van der Waals surface area contributed by atoms with Crippen molar-refractivity contribution in [3.8, 4) is 5.75 Å². The molecule has 0 fully saturated rings. The number of rotatable bonds is 7. The second kappa shape index (κ2) is 11.7. The largest absolute Gasteiger partial charge is 0.492 e. The van der Waals surface area contributed by atoms with Crippen LogP contribution in [0.3, 0.4) is 0 Å². The van der Waals surface area contributed by atoms with Crippen LogP contribution >= 0.6 is 24.0 Å². The monoisotopic (exact) mass is 443 g/mol. The highest BCUT2D eigenvalue weighted by molar-refractivity contribution is 14.0. The maximum Gasteiger partial charge on any atom is 0.191 e. The van der Waals surface area contributed by atoms with Gasteiger partial charge < -0.3 is 15.4 Å². The number of nitrogens with zero attached hydrogens (tertiary/aromatic N) is 1. The van der Waals surface area contributed by atoms with Crippen molar-refractivity contribution in [2.24, 2.45) is 4.99 Å². The molecule has 0 aliphatic heterocycles. The third kappa shape index (κ3) is 7.63. The van der Waals surface area contributed by atoms with Crippen LogP contribution in [-0.4, -0.2) is 32.7 Å². The molecule has 0 bridgehead atoms. The van der Waals surface area contributed by atoms with E-state index in [-0.39, 0.29) is 29.8 Å². The lowest BCUT2D eigenvalue weighted by atomic mass is 10.1. The average molecular weight is 443 g/mol. The van der Waals surface area contributed by atoms with Crippen molar-refractivity contribution >= 4 is 29.9 Å². The number of hydrogen-bond acceptors (Lipinski definition) is 2. The highest BCUT2D eigenvalue weighted by Gasteiger charge is 1.99. The minimum absolute atomic E-state index is 0. The van der Waals surface area contributed by atoms with Crippen molar-refractivity contribution in [3.05, 3.63) is 66.0 Å². The van der Waals surface area contributed by atoms with E-state index < -0.39 is 0 Å². The maximum absolute atomic E-state index is 12.8. The van der Waals surface area contributed by atoms with Crippen LogP contribution in [0.2, 0.25) is 0 Å². The molecule has 0 aromatic heterocycles. The van der Waals surface area contributed by atoms with E-state index >= 15 is 0 Å². The molecule has 0 aliphatic carbocycles. The number of benzene rings is 2. The lowest BCUT2D eigenvalue weighted by molar-refractivity contribution is 0.322. The molecule has 2 rings (SSSR count). The zero-order valence-corrected chi connectivity index (χ0v) is 16.0. The minimum Gasteiger partial charge on any atom is -0.492 e. The van der Waals surface area contributed by atoms with Crippen molar-refractivity contribution < 1.29 is 9.13 Å². The van der Waals surface area contributed by atoms with Gasteiger partial charge in [0.2, 0.25) is 0 Å². The van der Waals surface area contributed by atoms with E-state index in [0.717, 1.165) is 30.2 Å². The van der Waals surface area contributed by atoms with Crippen LogP contribution in [0.1, 0.15) is 5.56 Å². The predicted molar refractivity (Wildman–Crippen MR) is 107 cm³/mol. The molecule has 2 aromatic rings. The normalized spacial score (nSPS) is 10.7. The van der Waals surface area contributed by atoms with Gasteiger partial charge in [0.05, 0.1) is 6.54 Å². The summed E-state index contributed by atoms with van der Waals surface area (Å²) in [6, 6.07) is 16.2. The van der Waals surface area contributed by atoms with Crippen molar-refractivity contribution in [1.82, 2.24) is 10.6 Å². The molecule has 0 aliphatic rings. The van der Waals surface area contributed by atoms with Crippen LogP contribution in [0.25, 0.3) is 0 Å². The van der Waals surface area contributed by atoms with Gasteiger partial charge in [-0.15, -0.1) is 24.0 Å². The second-order valence-corrected chi connectivity index (χ2v) is 4.96. The molecule has 24 heavy (non-hydrogen) atoms. The molecular formula is C18H23FIN3O. The van der Waals surface area contributed by atoms with Crippen LogP contribution in [0.5, 0.6) is 5.75 Å². The Bertz CT molecular complexity index is 605. The Kier molecular flexibility index (Phi) is 9.83. The quantitative estimate of drug-likeness (QED) is 0.299. The Balaban J connectivity index is 0.00000288. The Hall–Kier alpha value is -1.83. The van der Waals surface area contributed by atoms with Crippen LogP contribution in [0.15, 0.2) is 59.6 Å². The molecule has 0 atom stereocenters. The third-order valence-electron chi connectivity index (χ3n) is 3.25. The SMILES string of the molecule is CN=C(NCCOc1ccccc1)NCCc1ccc(F)cc1.I. The number of hydrogen-bond donors (Lipinski definition) is 2. The average Bonchev–Trinajstić information content (AvgIpc) is 2.59. The van der Waals surface area contributed by atoms with Gasteiger partial charge in [0, 0.05) is 13.6 Å². The first-order valence-electron chi connectivity index (χ1n) is 7.65. The molecule has 0 amide bonds. The minimum atomic E-state index is -0.211. The molecule has 0 saturated heterocycles. The van der Waals surface area contributed by atoms with Crippen LogP contribution in [0, 0.1) is 5.82 Å². The van der Waals surface area contributed by atoms with Crippen molar-refractivity contribution in [2.75, 3.05) is 26.7 Å². The first-order valence-corrected chi connectivity index (χ1v) is 7.65. The fourth-order valence-corrected chi connectivity index (χ4v) is 2.05. The highest BCUT2D eigenvalue weighted by Crippen LogP contribution is 2.07. The predicted octanol–water partition coefficient (Wildman–Crippen LogP) is 3.23. The number of halogens is 2. The first-order chi connectivity index (χ1) is 11.3. The number of aliphatic imine (C=N–C) groups is 1. The summed E-state index contributed by atoms with van der Waals surface area (Å²) in [7, 11) is 1.73. The van der Waals surface area contributed by atoms with Gasteiger partial charge in [-0.1, -0.05) is 30.3 Å². The summed E-state index contributed by atoms with van der Waals surface area (Å²) in [5.41, 5.74) is 1.08. The summed E-state index contributed by atoms with van der Waals surface area (Å²) in [4.78, 5) is 4.16. The summed E-state index contributed by atoms with van der Waals surface area (Å²) in [6.07, 6.45) is 0.807. The lowest BCUT2D eigenvalue weighted by Gasteiger charge is -2.12. The van der Waals surface area contributed by atoms with E-state index in [1.54, 1.807) is 19.2 Å². The molecule has 6 heteroatoms. The molecule has 2 N–H and O–H groups in total. The van der Waals surface area contributed by atoms with E-state index in [1.165, 1.54) is 12.1 Å².